The molecule has 1 aromatic heterocycles. The van der Waals surface area contributed by atoms with Gasteiger partial charge in [0.15, 0.2) is 5.82 Å². The molecule has 0 bridgehead atoms. The smallest absolute Gasteiger partial charge is 0.293 e. The highest BCUT2D eigenvalue weighted by molar-refractivity contribution is 5.30. The molecule has 17 heavy (non-hydrogen) atoms. The lowest BCUT2D eigenvalue weighted by Crippen LogP contribution is -2.31. The Kier molecular flexibility index (Phi) is 5.69. The predicted octanol–water partition coefficient (Wildman–Crippen LogP) is 1.02. The molecular weight excluding hydrogens is 216 g/mol. The van der Waals surface area contributed by atoms with E-state index in [1.807, 2.05) is 6.92 Å². The number of aryl methyl sites for hydroxylation is 1. The Hall–Kier alpha value is -1.36. The molecule has 0 saturated carbocycles. The van der Waals surface area contributed by atoms with Crippen LogP contribution in [0, 0.1) is 0 Å². The van der Waals surface area contributed by atoms with Crippen molar-refractivity contribution >= 4 is 5.82 Å². The number of likely N-dealkylation sites (N-methyl/N-ethyl adjacent to an activating group) is 1. The van der Waals surface area contributed by atoms with Gasteiger partial charge in [-0.3, -0.25) is 4.79 Å². The van der Waals surface area contributed by atoms with E-state index in [-0.39, 0.29) is 5.56 Å². The first-order valence-corrected chi connectivity index (χ1v) is 6.24. The summed E-state index contributed by atoms with van der Waals surface area (Å²) < 4.78 is 1.65. The number of anilines is 1. The van der Waals surface area contributed by atoms with Gasteiger partial charge >= 0.3 is 0 Å². The Morgan fingerprint density at radius 2 is 2.06 bits per heavy atom. The third-order valence-corrected chi connectivity index (χ3v) is 2.87. The number of hydrogen-bond acceptors (Lipinski definition) is 4. The average Bonchev–Trinajstić information content (AvgIpc) is 2.36. The first-order chi connectivity index (χ1) is 8.22. The largest absolute Gasteiger partial charge is 0.364 e. The van der Waals surface area contributed by atoms with E-state index in [9.17, 15) is 4.79 Å². The van der Waals surface area contributed by atoms with Crippen LogP contribution in [0.1, 0.15) is 20.8 Å². The second-order valence-corrected chi connectivity index (χ2v) is 3.82. The minimum absolute atomic E-state index is 0.0467. The van der Waals surface area contributed by atoms with Gasteiger partial charge in [0.2, 0.25) is 0 Å². The van der Waals surface area contributed by atoms with Crippen LogP contribution in [0.5, 0.6) is 0 Å². The molecule has 1 aromatic rings. The Balaban J connectivity index is 2.55. The molecule has 0 fully saturated rings. The van der Waals surface area contributed by atoms with E-state index in [1.165, 1.54) is 0 Å². The standard InChI is InChI=1S/C12H22N4O/c1-4-15(5-2)9-7-13-11-12(17)16(6-3)10-8-14-11/h8,10H,4-7,9H2,1-3H3,(H,13,14). The van der Waals surface area contributed by atoms with Gasteiger partial charge in [-0.2, -0.15) is 0 Å². The maximum absolute atomic E-state index is 11.8. The summed E-state index contributed by atoms with van der Waals surface area (Å²) in [6.07, 6.45) is 3.36. The van der Waals surface area contributed by atoms with Crippen molar-refractivity contribution < 1.29 is 0 Å². The zero-order valence-corrected chi connectivity index (χ0v) is 10.9. The molecule has 0 spiro atoms. The highest BCUT2D eigenvalue weighted by Crippen LogP contribution is 1.93. The fourth-order valence-electron chi connectivity index (χ4n) is 1.69. The lowest BCUT2D eigenvalue weighted by atomic mass is 10.4. The monoisotopic (exact) mass is 238 g/mol. The van der Waals surface area contributed by atoms with Gasteiger partial charge in [0.05, 0.1) is 0 Å². The molecule has 0 atom stereocenters. The zero-order chi connectivity index (χ0) is 12.7. The number of nitrogens with zero attached hydrogens (tertiary/aromatic N) is 3. The van der Waals surface area contributed by atoms with E-state index in [1.54, 1.807) is 17.0 Å². The second-order valence-electron chi connectivity index (χ2n) is 3.82. The first-order valence-electron chi connectivity index (χ1n) is 6.24. The van der Waals surface area contributed by atoms with Crippen molar-refractivity contribution in [1.29, 1.82) is 0 Å². The summed E-state index contributed by atoms with van der Waals surface area (Å²) in [7, 11) is 0. The third-order valence-electron chi connectivity index (χ3n) is 2.87. The minimum atomic E-state index is -0.0467. The molecule has 96 valence electrons. The molecule has 0 saturated heterocycles. The molecule has 1 heterocycles. The van der Waals surface area contributed by atoms with Gasteiger partial charge < -0.3 is 14.8 Å². The molecule has 5 nitrogen and oxygen atoms in total. The highest BCUT2D eigenvalue weighted by Gasteiger charge is 2.03. The Bertz CT molecular complexity index is 384. The quantitative estimate of drug-likeness (QED) is 0.770. The number of hydrogen-bond donors (Lipinski definition) is 1. The lowest BCUT2D eigenvalue weighted by Gasteiger charge is -2.18. The third kappa shape index (κ3) is 3.85. The Morgan fingerprint density at radius 3 is 2.65 bits per heavy atom. The van der Waals surface area contributed by atoms with Gasteiger partial charge in [-0.25, -0.2) is 4.98 Å². The predicted molar refractivity (Wildman–Crippen MR) is 70.4 cm³/mol. The fraction of sp³-hybridized carbons (Fsp3) is 0.667. The van der Waals surface area contributed by atoms with Crippen LogP contribution in [0.3, 0.4) is 0 Å². The van der Waals surface area contributed by atoms with E-state index < -0.39 is 0 Å². The van der Waals surface area contributed by atoms with Crippen LogP contribution < -0.4 is 10.9 Å². The molecule has 0 aliphatic carbocycles. The topological polar surface area (TPSA) is 50.2 Å². The highest BCUT2D eigenvalue weighted by atomic mass is 16.1. The molecule has 1 N–H and O–H groups in total. The molecule has 0 aliphatic rings. The van der Waals surface area contributed by atoms with Crippen molar-refractivity contribution in [2.75, 3.05) is 31.5 Å². The van der Waals surface area contributed by atoms with Gasteiger partial charge in [-0.15, -0.1) is 0 Å². The van der Waals surface area contributed by atoms with E-state index in [4.69, 9.17) is 0 Å². The number of nitrogens with one attached hydrogen (secondary N) is 1. The summed E-state index contributed by atoms with van der Waals surface area (Å²) >= 11 is 0. The van der Waals surface area contributed by atoms with Crippen LogP contribution in [0.15, 0.2) is 17.2 Å². The van der Waals surface area contributed by atoms with E-state index in [0.29, 0.717) is 12.4 Å². The molecule has 0 aliphatic heterocycles. The molecule has 0 aromatic carbocycles. The molecule has 0 unspecified atom stereocenters. The van der Waals surface area contributed by atoms with Gasteiger partial charge in [0.25, 0.3) is 5.56 Å². The summed E-state index contributed by atoms with van der Waals surface area (Å²) in [5, 5.41) is 3.10. The van der Waals surface area contributed by atoms with Gasteiger partial charge in [0.1, 0.15) is 0 Å². The van der Waals surface area contributed by atoms with Gasteiger partial charge in [-0.05, 0) is 20.0 Å². The summed E-state index contributed by atoms with van der Waals surface area (Å²) in [5.41, 5.74) is -0.0467. The average molecular weight is 238 g/mol. The Labute approximate surface area is 102 Å². The van der Waals surface area contributed by atoms with Crippen LogP contribution in [0.2, 0.25) is 0 Å². The summed E-state index contributed by atoms with van der Waals surface area (Å²) in [6.45, 7) is 10.6. The summed E-state index contributed by atoms with van der Waals surface area (Å²) in [5.74, 6) is 0.446. The second kappa shape index (κ2) is 7.06. The SMILES string of the molecule is CCN(CC)CCNc1nccn(CC)c1=O. The maximum atomic E-state index is 11.8. The van der Waals surface area contributed by atoms with Crippen LogP contribution >= 0.6 is 0 Å². The van der Waals surface area contributed by atoms with Gasteiger partial charge in [0, 0.05) is 32.0 Å². The maximum Gasteiger partial charge on any atom is 0.293 e. The first kappa shape index (κ1) is 13.7. The fourth-order valence-corrected chi connectivity index (χ4v) is 1.69. The van der Waals surface area contributed by atoms with Crippen molar-refractivity contribution in [1.82, 2.24) is 14.5 Å². The Morgan fingerprint density at radius 1 is 1.35 bits per heavy atom. The summed E-state index contributed by atoms with van der Waals surface area (Å²) in [4.78, 5) is 18.2. The van der Waals surface area contributed by atoms with E-state index in [0.717, 1.165) is 26.2 Å². The van der Waals surface area contributed by atoms with Crippen molar-refractivity contribution in [2.24, 2.45) is 0 Å². The van der Waals surface area contributed by atoms with Crippen LogP contribution in [-0.4, -0.2) is 40.6 Å². The number of rotatable bonds is 7. The summed E-state index contributed by atoms with van der Waals surface area (Å²) in [6, 6.07) is 0. The molecule has 0 radical (unpaired) electrons. The van der Waals surface area contributed by atoms with Crippen molar-refractivity contribution in [3.05, 3.63) is 22.7 Å². The zero-order valence-electron chi connectivity index (χ0n) is 10.9. The lowest BCUT2D eigenvalue weighted by molar-refractivity contribution is 0.316. The van der Waals surface area contributed by atoms with Gasteiger partial charge in [-0.1, -0.05) is 13.8 Å². The molecular formula is C12H22N4O. The van der Waals surface area contributed by atoms with Crippen LogP contribution in [0.4, 0.5) is 5.82 Å². The van der Waals surface area contributed by atoms with Crippen molar-refractivity contribution in [3.63, 3.8) is 0 Å². The van der Waals surface area contributed by atoms with Crippen LogP contribution in [-0.2, 0) is 6.54 Å². The van der Waals surface area contributed by atoms with E-state index in [2.05, 4.69) is 29.0 Å². The van der Waals surface area contributed by atoms with Crippen LogP contribution in [0.25, 0.3) is 0 Å². The van der Waals surface area contributed by atoms with E-state index >= 15 is 0 Å². The van der Waals surface area contributed by atoms with Crippen molar-refractivity contribution in [2.45, 2.75) is 27.3 Å². The molecule has 0 amide bonds. The van der Waals surface area contributed by atoms with Crippen molar-refractivity contribution in [3.8, 4) is 0 Å². The number of aromatic nitrogens is 2. The molecule has 5 heteroatoms. The normalized spacial score (nSPS) is 10.8. The molecule has 1 rings (SSSR count). The minimum Gasteiger partial charge on any atom is -0.364 e.